The van der Waals surface area contributed by atoms with Crippen LogP contribution in [0.2, 0.25) is 10.0 Å². The van der Waals surface area contributed by atoms with Crippen molar-refractivity contribution in [1.29, 1.82) is 0 Å². The fourth-order valence-electron chi connectivity index (χ4n) is 2.46. The second-order valence-corrected chi connectivity index (χ2v) is 8.14. The molecule has 0 atom stereocenters. The third-order valence-electron chi connectivity index (χ3n) is 4.17. The van der Waals surface area contributed by atoms with E-state index in [-0.39, 0.29) is 12.6 Å². The van der Waals surface area contributed by atoms with Gasteiger partial charge in [-0.15, -0.1) is 0 Å². The Bertz CT molecular complexity index is 976. The van der Waals surface area contributed by atoms with Crippen molar-refractivity contribution in [2.75, 3.05) is 7.11 Å². The summed E-state index contributed by atoms with van der Waals surface area (Å²) in [5, 5.41) is 7.41. The molecule has 10 heteroatoms. The number of hydrogen-bond acceptors (Lipinski definition) is 5. The zero-order chi connectivity index (χ0) is 21.7. The molecule has 0 spiro atoms. The Morgan fingerprint density at radius 2 is 1.93 bits per heavy atom. The van der Waals surface area contributed by atoms with Gasteiger partial charge in [-0.1, -0.05) is 29.3 Å². The highest BCUT2D eigenvalue weighted by atomic mass is 79.9. The molecule has 3 rings (SSSR count). The molecule has 0 bridgehead atoms. The molecule has 0 unspecified atom stereocenters. The molecule has 1 fully saturated rings. The number of hydrogen-bond donors (Lipinski definition) is 2. The van der Waals surface area contributed by atoms with Crippen LogP contribution < -0.4 is 20.2 Å². The summed E-state index contributed by atoms with van der Waals surface area (Å²) in [7, 11) is 1.50. The fourth-order valence-corrected chi connectivity index (χ4v) is 3.54. The number of carbonyl (C=O) groups is 2. The van der Waals surface area contributed by atoms with Crippen LogP contribution in [-0.4, -0.2) is 31.2 Å². The summed E-state index contributed by atoms with van der Waals surface area (Å²) in [4.78, 5) is 23.3. The van der Waals surface area contributed by atoms with Crippen molar-refractivity contribution < 1.29 is 19.1 Å². The van der Waals surface area contributed by atoms with E-state index in [4.69, 9.17) is 32.7 Å². The van der Waals surface area contributed by atoms with E-state index in [1.807, 2.05) is 0 Å². The number of methoxy groups -OCH3 is 1. The Morgan fingerprint density at radius 3 is 2.57 bits per heavy atom. The average Bonchev–Trinajstić information content (AvgIpc) is 3.52. The highest BCUT2D eigenvalue weighted by molar-refractivity contribution is 9.10. The predicted octanol–water partition coefficient (Wildman–Crippen LogP) is 4.07. The summed E-state index contributed by atoms with van der Waals surface area (Å²) in [6.07, 6.45) is 3.19. The molecular formula is C20H18BrCl2N3O4. The van der Waals surface area contributed by atoms with Gasteiger partial charge in [-0.25, -0.2) is 5.43 Å². The highest BCUT2D eigenvalue weighted by Gasteiger charge is 2.26. The van der Waals surface area contributed by atoms with Crippen LogP contribution in [-0.2, 0) is 16.2 Å². The Morgan fingerprint density at radius 1 is 1.23 bits per heavy atom. The molecule has 0 aromatic heterocycles. The summed E-state index contributed by atoms with van der Waals surface area (Å²) in [5.41, 5.74) is 3.47. The molecular weight excluding hydrogens is 497 g/mol. The largest absolute Gasteiger partial charge is 0.493 e. The molecule has 158 valence electrons. The number of nitrogens with one attached hydrogen (secondary N) is 2. The third-order valence-corrected chi connectivity index (χ3v) is 5.47. The van der Waals surface area contributed by atoms with Gasteiger partial charge >= 0.3 is 11.8 Å². The van der Waals surface area contributed by atoms with Gasteiger partial charge in [0.05, 0.1) is 17.8 Å². The van der Waals surface area contributed by atoms with E-state index < -0.39 is 11.8 Å². The molecule has 30 heavy (non-hydrogen) atoms. The Balaban J connectivity index is 1.67. The molecule has 0 radical (unpaired) electrons. The van der Waals surface area contributed by atoms with Crippen LogP contribution in [0.25, 0.3) is 0 Å². The smallest absolute Gasteiger partial charge is 0.329 e. The summed E-state index contributed by atoms with van der Waals surface area (Å²) in [6, 6.07) is 8.72. The van der Waals surface area contributed by atoms with Crippen LogP contribution in [0.3, 0.4) is 0 Å². The monoisotopic (exact) mass is 513 g/mol. The molecule has 2 aromatic carbocycles. The zero-order valence-electron chi connectivity index (χ0n) is 15.9. The maximum atomic E-state index is 11.7. The summed E-state index contributed by atoms with van der Waals surface area (Å²) in [6.45, 7) is 0.146. The predicted molar refractivity (Wildman–Crippen MR) is 118 cm³/mol. The minimum atomic E-state index is -0.819. The van der Waals surface area contributed by atoms with Crippen molar-refractivity contribution >= 4 is 57.2 Å². The number of nitrogens with zero attached hydrogens (tertiary/aromatic N) is 1. The van der Waals surface area contributed by atoms with E-state index >= 15 is 0 Å². The van der Waals surface area contributed by atoms with Gasteiger partial charge in [-0.05, 0) is 58.6 Å². The van der Waals surface area contributed by atoms with Gasteiger partial charge in [0, 0.05) is 21.7 Å². The average molecular weight is 515 g/mol. The first-order valence-electron chi connectivity index (χ1n) is 8.96. The van der Waals surface area contributed by atoms with E-state index in [0.29, 0.717) is 37.1 Å². The molecule has 0 aliphatic heterocycles. The number of benzene rings is 2. The van der Waals surface area contributed by atoms with Crippen molar-refractivity contribution in [2.45, 2.75) is 25.5 Å². The van der Waals surface area contributed by atoms with Gasteiger partial charge in [-0.3, -0.25) is 9.59 Å². The highest BCUT2D eigenvalue weighted by Crippen LogP contribution is 2.37. The maximum absolute atomic E-state index is 11.7. The number of rotatable bonds is 7. The molecule has 1 saturated carbocycles. The van der Waals surface area contributed by atoms with Crippen molar-refractivity contribution in [3.63, 3.8) is 0 Å². The molecule has 7 nitrogen and oxygen atoms in total. The standard InChI is InChI=1S/C20H18BrCl2N3O4/c1-29-17-8-11(9-24-26-20(28)19(27)25-12-5-6-12)7-14(21)18(17)30-10-13-15(22)3-2-4-16(13)23/h2-4,7-9,12H,5-6,10H2,1H3,(H,25,27)(H,26,28)/b24-9-. The van der Waals surface area contributed by atoms with E-state index in [2.05, 4.69) is 31.8 Å². The number of hydrazone groups is 1. The van der Waals surface area contributed by atoms with Crippen LogP contribution in [0.5, 0.6) is 11.5 Å². The van der Waals surface area contributed by atoms with E-state index in [1.54, 1.807) is 30.3 Å². The Labute approximate surface area is 191 Å². The lowest BCUT2D eigenvalue weighted by atomic mass is 10.2. The zero-order valence-corrected chi connectivity index (χ0v) is 19.0. The summed E-state index contributed by atoms with van der Waals surface area (Å²) in [5.74, 6) is -0.624. The van der Waals surface area contributed by atoms with Crippen LogP contribution >= 0.6 is 39.1 Å². The van der Waals surface area contributed by atoms with Gasteiger partial charge in [0.15, 0.2) is 11.5 Å². The third kappa shape index (κ3) is 5.87. The minimum Gasteiger partial charge on any atom is -0.493 e. The number of ether oxygens (including phenoxy) is 2. The molecule has 2 amide bonds. The number of carbonyl (C=O) groups excluding carboxylic acids is 2. The van der Waals surface area contributed by atoms with Crippen molar-refractivity contribution in [2.24, 2.45) is 5.10 Å². The topological polar surface area (TPSA) is 89.0 Å². The lowest BCUT2D eigenvalue weighted by molar-refractivity contribution is -0.139. The van der Waals surface area contributed by atoms with E-state index in [9.17, 15) is 9.59 Å². The summed E-state index contributed by atoms with van der Waals surface area (Å²) < 4.78 is 11.9. The quantitative estimate of drug-likeness (QED) is 0.331. The Hall–Kier alpha value is -2.29. The number of amides is 2. The van der Waals surface area contributed by atoms with Crippen molar-refractivity contribution in [1.82, 2.24) is 10.7 Å². The van der Waals surface area contributed by atoms with Gasteiger partial charge in [-0.2, -0.15) is 5.10 Å². The summed E-state index contributed by atoms with van der Waals surface area (Å²) >= 11 is 15.8. The van der Waals surface area contributed by atoms with Gasteiger partial charge < -0.3 is 14.8 Å². The molecule has 1 aliphatic carbocycles. The van der Waals surface area contributed by atoms with Crippen LogP contribution in [0.4, 0.5) is 0 Å². The first-order chi connectivity index (χ1) is 14.4. The molecule has 1 aliphatic rings. The van der Waals surface area contributed by atoms with Crippen molar-refractivity contribution in [3.8, 4) is 11.5 Å². The van der Waals surface area contributed by atoms with E-state index in [1.165, 1.54) is 13.3 Å². The first kappa shape index (κ1) is 22.4. The minimum absolute atomic E-state index is 0.0978. The molecule has 0 heterocycles. The van der Waals surface area contributed by atoms with Crippen LogP contribution in [0, 0.1) is 0 Å². The normalized spacial score (nSPS) is 13.2. The van der Waals surface area contributed by atoms with Gasteiger partial charge in [0.2, 0.25) is 0 Å². The fraction of sp³-hybridized carbons (Fsp3) is 0.250. The lowest BCUT2D eigenvalue weighted by Gasteiger charge is -2.14. The van der Waals surface area contributed by atoms with Gasteiger partial charge in [0.25, 0.3) is 0 Å². The van der Waals surface area contributed by atoms with Crippen LogP contribution in [0.1, 0.15) is 24.0 Å². The maximum Gasteiger partial charge on any atom is 0.329 e. The molecule has 2 N–H and O–H groups in total. The lowest BCUT2D eigenvalue weighted by Crippen LogP contribution is -2.38. The second-order valence-electron chi connectivity index (χ2n) is 6.47. The van der Waals surface area contributed by atoms with Crippen molar-refractivity contribution in [3.05, 3.63) is 56.0 Å². The van der Waals surface area contributed by atoms with Crippen LogP contribution in [0.15, 0.2) is 39.9 Å². The molecule has 0 saturated heterocycles. The SMILES string of the molecule is COc1cc(/C=N\NC(=O)C(=O)NC2CC2)cc(Br)c1OCc1c(Cl)cccc1Cl. The molecule has 2 aromatic rings. The Kier molecular flexibility index (Phi) is 7.58. The van der Waals surface area contributed by atoms with Gasteiger partial charge in [0.1, 0.15) is 6.61 Å². The second kappa shape index (κ2) is 10.1. The first-order valence-corrected chi connectivity index (χ1v) is 10.5. The van der Waals surface area contributed by atoms with E-state index in [0.717, 1.165) is 12.8 Å². The number of halogens is 3.